The van der Waals surface area contributed by atoms with Crippen LogP contribution in [-0.2, 0) is 0 Å². The number of alkyl halides is 3. The van der Waals surface area contributed by atoms with Crippen molar-refractivity contribution in [1.82, 2.24) is 0 Å². The van der Waals surface area contributed by atoms with Crippen molar-refractivity contribution in [3.63, 3.8) is 0 Å². The summed E-state index contributed by atoms with van der Waals surface area (Å²) < 4.78 is 66.2. The molecule has 0 aliphatic rings. The molecule has 3 rings (SSSR count). The predicted molar refractivity (Wildman–Crippen MR) is 132 cm³/mol. The number of ether oxygens (including phenoxy) is 5. The lowest BCUT2D eigenvalue weighted by atomic mass is 10.1. The summed E-state index contributed by atoms with van der Waals surface area (Å²) in [5, 5.41) is 10.3. The molecule has 0 heterocycles. The fourth-order valence-electron chi connectivity index (χ4n) is 3.27. The molecule has 11 heteroatoms. The van der Waals surface area contributed by atoms with Gasteiger partial charge < -0.3 is 33.5 Å². The molecule has 0 aliphatic carbocycles. The predicted octanol–water partition coefficient (Wildman–Crippen LogP) is 6.61. The van der Waals surface area contributed by atoms with Crippen LogP contribution in [0, 0.1) is 0 Å². The van der Waals surface area contributed by atoms with Crippen LogP contribution >= 0.6 is 11.9 Å². The maximum Gasteiger partial charge on any atom is 0.573 e. The van der Waals surface area contributed by atoms with Crippen LogP contribution < -0.4 is 28.4 Å². The van der Waals surface area contributed by atoms with E-state index in [9.17, 15) is 18.3 Å². The van der Waals surface area contributed by atoms with E-state index in [1.807, 2.05) is 0 Å². The monoisotopic (exact) mass is 523 g/mol. The zero-order valence-corrected chi connectivity index (χ0v) is 20.6. The van der Waals surface area contributed by atoms with E-state index < -0.39 is 6.36 Å². The van der Waals surface area contributed by atoms with Gasteiger partial charge in [-0.2, -0.15) is 0 Å². The molecule has 0 aliphatic heterocycles. The molecular formula is C25H24F3NO6S. The van der Waals surface area contributed by atoms with Crippen LogP contribution in [0.2, 0.25) is 0 Å². The number of phenols is 1. The van der Waals surface area contributed by atoms with Crippen molar-refractivity contribution in [1.29, 1.82) is 0 Å². The molecule has 3 aromatic rings. The molecule has 0 bridgehead atoms. The lowest BCUT2D eigenvalue weighted by Crippen LogP contribution is -2.17. The van der Waals surface area contributed by atoms with Crippen LogP contribution in [0.25, 0.3) is 12.2 Å². The van der Waals surface area contributed by atoms with Crippen LogP contribution in [0.4, 0.5) is 18.9 Å². The molecule has 0 saturated carbocycles. The second-order valence-corrected chi connectivity index (χ2v) is 7.98. The molecule has 7 nitrogen and oxygen atoms in total. The first-order chi connectivity index (χ1) is 17.2. The van der Waals surface area contributed by atoms with Gasteiger partial charge in [-0.1, -0.05) is 18.2 Å². The smallest absolute Gasteiger partial charge is 0.504 e. The van der Waals surface area contributed by atoms with Gasteiger partial charge in [0.25, 0.3) is 0 Å². The summed E-state index contributed by atoms with van der Waals surface area (Å²) in [4.78, 5) is 0.446. The fourth-order valence-corrected chi connectivity index (χ4v) is 4.02. The van der Waals surface area contributed by atoms with Gasteiger partial charge in [0.1, 0.15) is 5.75 Å². The quantitative estimate of drug-likeness (QED) is 0.227. The Morgan fingerprint density at radius 3 is 2.08 bits per heavy atom. The Kier molecular flexibility index (Phi) is 8.70. The number of hydrogen-bond donors (Lipinski definition) is 2. The topological polar surface area (TPSA) is 78.4 Å². The van der Waals surface area contributed by atoms with Crippen LogP contribution in [0.15, 0.2) is 53.4 Å². The molecule has 0 unspecified atom stereocenters. The Hall–Kier alpha value is -3.86. The number of hydrogen-bond acceptors (Lipinski definition) is 8. The highest BCUT2D eigenvalue weighted by Crippen LogP contribution is 2.42. The molecule has 36 heavy (non-hydrogen) atoms. The molecule has 192 valence electrons. The third-order valence-corrected chi connectivity index (χ3v) is 5.62. The minimum atomic E-state index is -4.80. The number of nitrogens with one attached hydrogen (secondary N) is 1. The highest BCUT2D eigenvalue weighted by Gasteiger charge is 2.31. The molecule has 0 aromatic heterocycles. The first-order valence-electron chi connectivity index (χ1n) is 10.4. The molecule has 0 spiro atoms. The van der Waals surface area contributed by atoms with E-state index in [1.54, 1.807) is 36.4 Å². The standard InChI is InChI=1S/C25H24F3NO6S/c1-31-20-12-15(13-21(32-2)24(20)34-4)8-9-16-10-11-19(30)23(33-3)22(16)29-36-18-7-5-6-17(14-18)35-25(26,27)28/h5-14,29-30H,1-4H3/b9-8-. The third-order valence-electron chi connectivity index (χ3n) is 4.83. The van der Waals surface area contributed by atoms with Crippen molar-refractivity contribution in [2.75, 3.05) is 33.2 Å². The number of phenolic OH excluding ortho intramolecular Hbond substituents is 1. The van der Waals surface area contributed by atoms with Gasteiger partial charge in [-0.15, -0.1) is 13.2 Å². The fraction of sp³-hybridized carbons (Fsp3) is 0.200. The SMILES string of the molecule is COc1cc(/C=C\c2ccc(O)c(OC)c2NSc2cccc(OC(F)(F)F)c2)cc(OC)c1OC. The number of benzene rings is 3. The second kappa shape index (κ2) is 11.7. The summed E-state index contributed by atoms with van der Waals surface area (Å²) in [6.07, 6.45) is -1.23. The lowest BCUT2D eigenvalue weighted by molar-refractivity contribution is -0.274. The number of methoxy groups -OCH3 is 4. The molecule has 0 amide bonds. The van der Waals surface area contributed by atoms with Gasteiger partial charge in [-0.25, -0.2) is 0 Å². The lowest BCUT2D eigenvalue weighted by Gasteiger charge is -2.16. The van der Waals surface area contributed by atoms with E-state index in [0.29, 0.717) is 33.4 Å². The van der Waals surface area contributed by atoms with Crippen molar-refractivity contribution in [2.45, 2.75) is 11.3 Å². The maximum atomic E-state index is 12.6. The van der Waals surface area contributed by atoms with Gasteiger partial charge in [0.05, 0.1) is 34.1 Å². The van der Waals surface area contributed by atoms with Crippen LogP contribution in [0.1, 0.15) is 11.1 Å². The largest absolute Gasteiger partial charge is 0.573 e. The summed E-state index contributed by atoms with van der Waals surface area (Å²) in [6, 6.07) is 12.2. The van der Waals surface area contributed by atoms with Crippen LogP contribution in [0.5, 0.6) is 34.5 Å². The summed E-state index contributed by atoms with van der Waals surface area (Å²) in [6.45, 7) is 0. The van der Waals surface area contributed by atoms with Crippen molar-refractivity contribution >= 4 is 29.8 Å². The normalized spacial score (nSPS) is 11.3. The van der Waals surface area contributed by atoms with Crippen LogP contribution in [0.3, 0.4) is 0 Å². The molecule has 3 aromatic carbocycles. The average Bonchev–Trinajstić information content (AvgIpc) is 2.85. The zero-order chi connectivity index (χ0) is 26.3. The van der Waals surface area contributed by atoms with E-state index in [1.165, 1.54) is 52.7 Å². The molecular weight excluding hydrogens is 499 g/mol. The summed E-state index contributed by atoms with van der Waals surface area (Å²) in [7, 11) is 5.95. The van der Waals surface area contributed by atoms with Crippen molar-refractivity contribution < 1.29 is 42.0 Å². The molecule has 0 saturated heterocycles. The zero-order valence-electron chi connectivity index (χ0n) is 19.8. The van der Waals surface area contributed by atoms with Crippen molar-refractivity contribution in [3.8, 4) is 34.5 Å². The number of aromatic hydroxyl groups is 1. The Morgan fingerprint density at radius 2 is 1.50 bits per heavy atom. The molecule has 2 N–H and O–H groups in total. The third kappa shape index (κ3) is 6.63. The highest BCUT2D eigenvalue weighted by atomic mass is 32.2. The number of halogens is 3. The number of rotatable bonds is 10. The van der Waals surface area contributed by atoms with Gasteiger partial charge >= 0.3 is 6.36 Å². The van der Waals surface area contributed by atoms with E-state index in [2.05, 4.69) is 9.46 Å². The van der Waals surface area contributed by atoms with E-state index in [4.69, 9.17) is 18.9 Å². The minimum absolute atomic E-state index is 0.111. The highest BCUT2D eigenvalue weighted by molar-refractivity contribution is 8.00. The van der Waals surface area contributed by atoms with Crippen molar-refractivity contribution in [2.24, 2.45) is 0 Å². The Morgan fingerprint density at radius 1 is 0.833 bits per heavy atom. The van der Waals surface area contributed by atoms with Gasteiger partial charge in [0, 0.05) is 10.5 Å². The van der Waals surface area contributed by atoms with Gasteiger partial charge in [0.15, 0.2) is 23.0 Å². The Balaban J connectivity index is 1.92. The Bertz CT molecular complexity index is 1210. The second-order valence-electron chi connectivity index (χ2n) is 7.10. The van der Waals surface area contributed by atoms with Gasteiger partial charge in [-0.05, 0) is 60.0 Å². The summed E-state index contributed by atoms with van der Waals surface area (Å²) in [5.74, 6) is 1.12. The molecule has 0 fully saturated rings. The van der Waals surface area contributed by atoms with Crippen molar-refractivity contribution in [3.05, 3.63) is 59.7 Å². The molecule has 0 atom stereocenters. The maximum absolute atomic E-state index is 12.6. The first-order valence-corrected chi connectivity index (χ1v) is 11.2. The average molecular weight is 524 g/mol. The number of anilines is 1. The Labute approximate surface area is 210 Å². The van der Waals surface area contributed by atoms with Crippen LogP contribution in [-0.4, -0.2) is 39.9 Å². The molecule has 0 radical (unpaired) electrons. The van der Waals surface area contributed by atoms with E-state index in [-0.39, 0.29) is 17.2 Å². The minimum Gasteiger partial charge on any atom is -0.504 e. The van der Waals surface area contributed by atoms with E-state index in [0.717, 1.165) is 17.5 Å². The van der Waals surface area contributed by atoms with Gasteiger partial charge in [-0.3, -0.25) is 0 Å². The van der Waals surface area contributed by atoms with E-state index >= 15 is 0 Å². The van der Waals surface area contributed by atoms with Gasteiger partial charge in [0.2, 0.25) is 5.75 Å². The first kappa shape index (κ1) is 26.7. The summed E-state index contributed by atoms with van der Waals surface area (Å²) >= 11 is 1.03. The summed E-state index contributed by atoms with van der Waals surface area (Å²) in [5.41, 5.74) is 1.79.